The van der Waals surface area contributed by atoms with Crippen LogP contribution in [-0.2, 0) is 14.8 Å². The first-order chi connectivity index (χ1) is 9.48. The molecule has 0 rings (SSSR count). The molecule has 0 saturated heterocycles. The van der Waals surface area contributed by atoms with Crippen LogP contribution >= 0.6 is 0 Å². The first-order valence-corrected chi connectivity index (χ1v) is 9.32. The zero-order valence-electron chi connectivity index (χ0n) is 12.6. The van der Waals surface area contributed by atoms with Gasteiger partial charge in [0.15, 0.2) is 0 Å². The molecule has 0 saturated carbocycles. The van der Waals surface area contributed by atoms with Crippen LogP contribution in [0.2, 0.25) is 0 Å². The van der Waals surface area contributed by atoms with Gasteiger partial charge >= 0.3 is 5.97 Å². The minimum atomic E-state index is -3.22. The molecule has 0 aliphatic heterocycles. The Morgan fingerprint density at radius 3 is 2.05 bits per heavy atom. The molecule has 0 fully saturated rings. The maximum atomic E-state index is 11.6. The number of carboxylic acids is 1. The fourth-order valence-corrected chi connectivity index (χ4v) is 3.15. The number of nitrogens with one attached hydrogen (secondary N) is 1. The lowest BCUT2D eigenvalue weighted by molar-refractivity contribution is -0.137. The van der Waals surface area contributed by atoms with E-state index in [0.29, 0.717) is 12.8 Å². The van der Waals surface area contributed by atoms with Gasteiger partial charge in [0.05, 0.1) is 5.75 Å². The standard InChI is InChI=1S/C14H29NO4S/c1-2-3-4-5-6-7-8-9-13-20(18,19)15-12-10-11-14(16)17/h15H,2-13H2,1H3,(H,16,17). The Hall–Kier alpha value is -0.620. The second kappa shape index (κ2) is 12.1. The van der Waals surface area contributed by atoms with Gasteiger partial charge in [-0.3, -0.25) is 4.79 Å². The van der Waals surface area contributed by atoms with Crippen LogP contribution in [0.5, 0.6) is 0 Å². The molecular formula is C14H29NO4S. The number of carboxylic acid groups (broad SMARTS) is 1. The van der Waals surface area contributed by atoms with Crippen molar-refractivity contribution in [2.24, 2.45) is 0 Å². The average Bonchev–Trinajstić information content (AvgIpc) is 2.38. The van der Waals surface area contributed by atoms with E-state index in [1.165, 1.54) is 32.1 Å². The van der Waals surface area contributed by atoms with E-state index in [1.54, 1.807) is 0 Å². The highest BCUT2D eigenvalue weighted by Crippen LogP contribution is 2.08. The average molecular weight is 307 g/mol. The van der Waals surface area contributed by atoms with Crippen molar-refractivity contribution >= 4 is 16.0 Å². The Bertz CT molecular complexity index is 341. The highest BCUT2D eigenvalue weighted by molar-refractivity contribution is 7.89. The third-order valence-electron chi connectivity index (χ3n) is 3.16. The normalized spacial score (nSPS) is 11.7. The summed E-state index contributed by atoms with van der Waals surface area (Å²) in [6, 6.07) is 0. The molecule has 0 atom stereocenters. The van der Waals surface area contributed by atoms with Gasteiger partial charge in [-0.2, -0.15) is 0 Å². The first kappa shape index (κ1) is 19.4. The SMILES string of the molecule is CCCCCCCCCCS(=O)(=O)NCCCC(=O)O. The van der Waals surface area contributed by atoms with E-state index in [-0.39, 0.29) is 18.7 Å². The lowest BCUT2D eigenvalue weighted by Gasteiger charge is -2.06. The molecule has 0 aromatic heterocycles. The Kier molecular flexibility index (Phi) is 11.8. The molecule has 0 amide bonds. The summed E-state index contributed by atoms with van der Waals surface area (Å²) in [6.07, 6.45) is 9.30. The highest BCUT2D eigenvalue weighted by atomic mass is 32.2. The smallest absolute Gasteiger partial charge is 0.303 e. The van der Waals surface area contributed by atoms with Crippen LogP contribution in [0.1, 0.15) is 71.1 Å². The topological polar surface area (TPSA) is 83.5 Å². The van der Waals surface area contributed by atoms with Gasteiger partial charge in [0.1, 0.15) is 0 Å². The van der Waals surface area contributed by atoms with E-state index in [2.05, 4.69) is 11.6 Å². The van der Waals surface area contributed by atoms with Crippen LogP contribution in [0.3, 0.4) is 0 Å². The van der Waals surface area contributed by atoms with E-state index in [0.717, 1.165) is 12.8 Å². The van der Waals surface area contributed by atoms with Gasteiger partial charge in [-0.1, -0.05) is 51.9 Å². The van der Waals surface area contributed by atoms with Crippen LogP contribution in [0.15, 0.2) is 0 Å². The molecule has 20 heavy (non-hydrogen) atoms. The van der Waals surface area contributed by atoms with Crippen LogP contribution in [0.25, 0.3) is 0 Å². The van der Waals surface area contributed by atoms with E-state index >= 15 is 0 Å². The molecule has 0 heterocycles. The Labute approximate surface area is 123 Å². The Balaban J connectivity index is 3.45. The van der Waals surface area contributed by atoms with Crippen LogP contribution in [0, 0.1) is 0 Å². The number of hydrogen-bond donors (Lipinski definition) is 2. The van der Waals surface area contributed by atoms with Crippen molar-refractivity contribution < 1.29 is 18.3 Å². The minimum absolute atomic E-state index is 0.000278. The Morgan fingerprint density at radius 2 is 1.50 bits per heavy atom. The third kappa shape index (κ3) is 13.8. The first-order valence-electron chi connectivity index (χ1n) is 7.67. The van der Waals surface area contributed by atoms with Crippen molar-refractivity contribution in [3.05, 3.63) is 0 Å². The third-order valence-corrected chi connectivity index (χ3v) is 4.63. The van der Waals surface area contributed by atoms with Crippen molar-refractivity contribution in [2.75, 3.05) is 12.3 Å². The lowest BCUT2D eigenvalue weighted by atomic mass is 10.1. The molecule has 0 spiro atoms. The highest BCUT2D eigenvalue weighted by Gasteiger charge is 2.09. The molecule has 0 aromatic carbocycles. The molecule has 120 valence electrons. The Morgan fingerprint density at radius 1 is 0.950 bits per heavy atom. The van der Waals surface area contributed by atoms with E-state index < -0.39 is 16.0 Å². The summed E-state index contributed by atoms with van der Waals surface area (Å²) in [7, 11) is -3.22. The van der Waals surface area contributed by atoms with Gasteiger partial charge in [-0.25, -0.2) is 13.1 Å². The molecule has 0 unspecified atom stereocenters. The van der Waals surface area contributed by atoms with Crippen molar-refractivity contribution in [3.63, 3.8) is 0 Å². The van der Waals surface area contributed by atoms with Gasteiger partial charge in [0.2, 0.25) is 10.0 Å². The molecule has 0 radical (unpaired) electrons. The number of carbonyl (C=O) groups is 1. The van der Waals surface area contributed by atoms with E-state index in [4.69, 9.17) is 5.11 Å². The number of sulfonamides is 1. The van der Waals surface area contributed by atoms with Gasteiger partial charge in [0.25, 0.3) is 0 Å². The molecule has 0 bridgehead atoms. The van der Waals surface area contributed by atoms with Crippen LogP contribution in [-0.4, -0.2) is 31.8 Å². The summed E-state index contributed by atoms with van der Waals surface area (Å²) < 4.78 is 25.6. The summed E-state index contributed by atoms with van der Waals surface area (Å²) in [4.78, 5) is 10.3. The maximum Gasteiger partial charge on any atom is 0.303 e. The van der Waals surface area contributed by atoms with Crippen molar-refractivity contribution in [2.45, 2.75) is 71.1 Å². The number of rotatable bonds is 14. The summed E-state index contributed by atoms with van der Waals surface area (Å²) in [5, 5.41) is 8.44. The number of unbranched alkanes of at least 4 members (excludes halogenated alkanes) is 7. The fraction of sp³-hybridized carbons (Fsp3) is 0.929. The second-order valence-electron chi connectivity index (χ2n) is 5.19. The molecule has 0 aromatic rings. The molecular weight excluding hydrogens is 278 g/mol. The zero-order chi connectivity index (χ0) is 15.3. The second-order valence-corrected chi connectivity index (χ2v) is 7.11. The lowest BCUT2D eigenvalue weighted by Crippen LogP contribution is -2.27. The summed E-state index contributed by atoms with van der Waals surface area (Å²) in [5.41, 5.74) is 0. The largest absolute Gasteiger partial charge is 0.481 e. The quantitative estimate of drug-likeness (QED) is 0.483. The molecule has 2 N–H and O–H groups in total. The van der Waals surface area contributed by atoms with Crippen LogP contribution < -0.4 is 4.72 Å². The molecule has 5 nitrogen and oxygen atoms in total. The minimum Gasteiger partial charge on any atom is -0.481 e. The van der Waals surface area contributed by atoms with Crippen molar-refractivity contribution in [1.29, 1.82) is 0 Å². The zero-order valence-corrected chi connectivity index (χ0v) is 13.4. The summed E-state index contributed by atoms with van der Waals surface area (Å²) in [5.74, 6) is -0.748. The fourth-order valence-electron chi connectivity index (χ4n) is 1.97. The molecule has 0 aliphatic rings. The number of aliphatic carboxylic acids is 1. The number of hydrogen-bond acceptors (Lipinski definition) is 3. The van der Waals surface area contributed by atoms with E-state index in [9.17, 15) is 13.2 Å². The summed E-state index contributed by atoms with van der Waals surface area (Å²) >= 11 is 0. The maximum absolute atomic E-state index is 11.6. The molecule has 0 aliphatic carbocycles. The monoisotopic (exact) mass is 307 g/mol. The van der Waals surface area contributed by atoms with Crippen LogP contribution in [0.4, 0.5) is 0 Å². The van der Waals surface area contributed by atoms with Gasteiger partial charge in [-0.05, 0) is 12.8 Å². The van der Waals surface area contributed by atoms with Gasteiger partial charge < -0.3 is 5.11 Å². The van der Waals surface area contributed by atoms with Crippen molar-refractivity contribution in [1.82, 2.24) is 4.72 Å². The van der Waals surface area contributed by atoms with Crippen molar-refractivity contribution in [3.8, 4) is 0 Å². The van der Waals surface area contributed by atoms with Gasteiger partial charge in [0, 0.05) is 13.0 Å². The summed E-state index contributed by atoms with van der Waals surface area (Å²) in [6.45, 7) is 2.40. The predicted octanol–water partition coefficient (Wildman–Crippen LogP) is 2.91. The predicted molar refractivity (Wildman–Crippen MR) is 81.3 cm³/mol. The van der Waals surface area contributed by atoms with E-state index in [1.807, 2.05) is 0 Å². The molecule has 6 heteroatoms. The van der Waals surface area contributed by atoms with Gasteiger partial charge in [-0.15, -0.1) is 0 Å².